The largest absolute Gasteiger partial charge is 0.324 e. The number of nitrogens with one attached hydrogen (secondary N) is 1. The number of hydrogen-bond acceptors (Lipinski definition) is 4. The molecule has 2 aromatic rings. The van der Waals surface area contributed by atoms with Gasteiger partial charge in [0.2, 0.25) is 5.91 Å². The van der Waals surface area contributed by atoms with Crippen LogP contribution in [0.1, 0.15) is 60.5 Å². The zero-order valence-corrected chi connectivity index (χ0v) is 15.3. The Kier molecular flexibility index (Phi) is 4.22. The predicted molar refractivity (Wildman–Crippen MR) is 95.3 cm³/mol. The Morgan fingerprint density at radius 1 is 1.50 bits per heavy atom. The number of fused-ring (bicyclic) bond motifs is 1. The van der Waals surface area contributed by atoms with Gasteiger partial charge >= 0.3 is 0 Å². The molecule has 24 heavy (non-hydrogen) atoms. The second kappa shape index (κ2) is 6.06. The molecule has 0 radical (unpaired) electrons. The van der Waals surface area contributed by atoms with Gasteiger partial charge in [-0.2, -0.15) is 10.4 Å². The summed E-state index contributed by atoms with van der Waals surface area (Å²) in [5.41, 5.74) is 2.63. The van der Waals surface area contributed by atoms with Crippen LogP contribution < -0.4 is 5.32 Å². The number of hydrogen-bond donors (Lipinski definition) is 1. The molecule has 2 aromatic heterocycles. The van der Waals surface area contributed by atoms with Gasteiger partial charge in [-0.15, -0.1) is 11.3 Å². The number of carbonyl (C=O) groups excluding carboxylic acids is 1. The fourth-order valence-corrected chi connectivity index (χ4v) is 4.06. The summed E-state index contributed by atoms with van der Waals surface area (Å²) in [5.74, 6) is -0.231. The molecule has 1 atom stereocenters. The van der Waals surface area contributed by atoms with Crippen molar-refractivity contribution in [1.29, 1.82) is 5.26 Å². The van der Waals surface area contributed by atoms with Gasteiger partial charge in [-0.25, -0.2) is 0 Å². The average molecular weight is 342 g/mol. The molecule has 0 saturated heterocycles. The molecule has 0 fully saturated rings. The molecule has 1 N–H and O–H groups in total. The predicted octanol–water partition coefficient (Wildman–Crippen LogP) is 3.71. The minimum atomic E-state index is -0.188. The Labute approximate surface area is 146 Å². The Morgan fingerprint density at radius 3 is 2.92 bits per heavy atom. The van der Waals surface area contributed by atoms with Crippen molar-refractivity contribution in [2.45, 2.75) is 51.4 Å². The van der Waals surface area contributed by atoms with E-state index in [4.69, 9.17) is 0 Å². The number of aryl methyl sites for hydroxylation is 2. The normalized spacial score (nSPS) is 17.2. The highest BCUT2D eigenvalue weighted by molar-refractivity contribution is 7.13. The molecule has 2 heterocycles. The molecule has 6 heteroatoms. The van der Waals surface area contributed by atoms with E-state index in [1.54, 1.807) is 4.68 Å². The number of anilines is 1. The SMILES string of the molecule is Cn1cc2c(n1)CCC[C@@H]2C(=O)Nc1cc(C(C)(C)C)sc1C#N. The van der Waals surface area contributed by atoms with Crippen molar-refractivity contribution in [3.8, 4) is 6.07 Å². The van der Waals surface area contributed by atoms with Crippen LogP contribution in [0.4, 0.5) is 5.69 Å². The number of thiophene rings is 1. The maximum atomic E-state index is 12.8. The minimum absolute atomic E-state index is 0.0411. The fraction of sp³-hybridized carbons (Fsp3) is 0.500. The highest BCUT2D eigenvalue weighted by Gasteiger charge is 2.30. The monoisotopic (exact) mass is 342 g/mol. The van der Waals surface area contributed by atoms with E-state index in [0.717, 1.165) is 35.4 Å². The highest BCUT2D eigenvalue weighted by atomic mass is 32.1. The van der Waals surface area contributed by atoms with Crippen LogP contribution in [0.25, 0.3) is 0 Å². The third-order valence-electron chi connectivity index (χ3n) is 4.37. The van der Waals surface area contributed by atoms with Crippen LogP contribution in [0, 0.1) is 11.3 Å². The first-order valence-electron chi connectivity index (χ1n) is 8.17. The number of nitrogens with zero attached hydrogens (tertiary/aromatic N) is 3. The van der Waals surface area contributed by atoms with E-state index in [1.807, 2.05) is 19.3 Å². The Hall–Kier alpha value is -2.13. The Balaban J connectivity index is 1.86. The maximum absolute atomic E-state index is 12.8. The molecule has 0 unspecified atom stereocenters. The number of carbonyl (C=O) groups is 1. The summed E-state index contributed by atoms with van der Waals surface area (Å²) >= 11 is 1.45. The number of rotatable bonds is 2. The number of aromatic nitrogens is 2. The standard InChI is InChI=1S/C18H22N4OS/c1-18(2,3)16-8-14(15(9-19)24-16)20-17(23)11-6-5-7-13-12(11)10-22(4)21-13/h8,10-11H,5-7H2,1-4H3,(H,20,23)/t11-/m0/s1. The summed E-state index contributed by atoms with van der Waals surface area (Å²) in [7, 11) is 1.88. The van der Waals surface area contributed by atoms with E-state index < -0.39 is 0 Å². The molecular formula is C18H22N4OS. The summed E-state index contributed by atoms with van der Waals surface area (Å²) < 4.78 is 1.78. The van der Waals surface area contributed by atoms with Crippen LogP contribution in [0.15, 0.2) is 12.3 Å². The molecule has 0 saturated carbocycles. The fourth-order valence-electron chi connectivity index (χ4n) is 3.10. The summed E-state index contributed by atoms with van der Waals surface area (Å²) in [6.07, 6.45) is 4.65. The number of amides is 1. The lowest BCUT2D eigenvalue weighted by atomic mass is 9.86. The van der Waals surface area contributed by atoms with Crippen molar-refractivity contribution in [3.05, 3.63) is 33.3 Å². The van der Waals surface area contributed by atoms with Crippen molar-refractivity contribution in [2.75, 3.05) is 5.32 Å². The van der Waals surface area contributed by atoms with Crippen LogP contribution in [0.3, 0.4) is 0 Å². The van der Waals surface area contributed by atoms with Gasteiger partial charge in [0.1, 0.15) is 10.9 Å². The Morgan fingerprint density at radius 2 is 2.25 bits per heavy atom. The molecule has 1 amide bonds. The van der Waals surface area contributed by atoms with Gasteiger partial charge in [-0.05, 0) is 30.7 Å². The lowest BCUT2D eigenvalue weighted by molar-refractivity contribution is -0.117. The van der Waals surface area contributed by atoms with Gasteiger partial charge in [0.25, 0.3) is 0 Å². The van der Waals surface area contributed by atoms with Crippen LogP contribution >= 0.6 is 11.3 Å². The van der Waals surface area contributed by atoms with Crippen molar-refractivity contribution < 1.29 is 4.79 Å². The van der Waals surface area contributed by atoms with Crippen molar-refractivity contribution in [2.24, 2.45) is 7.05 Å². The van der Waals surface area contributed by atoms with Crippen molar-refractivity contribution >= 4 is 22.9 Å². The third kappa shape index (κ3) is 3.09. The third-order valence-corrected chi connectivity index (χ3v) is 5.83. The molecule has 0 aromatic carbocycles. The quantitative estimate of drug-likeness (QED) is 0.904. The highest BCUT2D eigenvalue weighted by Crippen LogP contribution is 2.37. The van der Waals surface area contributed by atoms with Crippen LogP contribution in [0.5, 0.6) is 0 Å². The van der Waals surface area contributed by atoms with Gasteiger partial charge in [-0.3, -0.25) is 9.48 Å². The first kappa shape index (κ1) is 16.7. The first-order chi connectivity index (χ1) is 11.3. The van der Waals surface area contributed by atoms with Crippen molar-refractivity contribution in [3.63, 3.8) is 0 Å². The molecule has 1 aliphatic rings. The molecule has 0 aliphatic heterocycles. The van der Waals surface area contributed by atoms with Gasteiger partial charge in [-0.1, -0.05) is 20.8 Å². The van der Waals surface area contributed by atoms with Gasteiger partial charge in [0, 0.05) is 23.7 Å². The smallest absolute Gasteiger partial charge is 0.232 e. The van der Waals surface area contributed by atoms with Gasteiger partial charge < -0.3 is 5.32 Å². The minimum Gasteiger partial charge on any atom is -0.324 e. The maximum Gasteiger partial charge on any atom is 0.232 e. The van der Waals surface area contributed by atoms with E-state index in [-0.39, 0.29) is 17.2 Å². The van der Waals surface area contributed by atoms with Gasteiger partial charge in [0.05, 0.1) is 17.3 Å². The zero-order chi connectivity index (χ0) is 17.5. The van der Waals surface area contributed by atoms with E-state index in [0.29, 0.717) is 10.6 Å². The van der Waals surface area contributed by atoms with Crippen LogP contribution in [-0.4, -0.2) is 15.7 Å². The molecule has 5 nitrogen and oxygen atoms in total. The van der Waals surface area contributed by atoms with E-state index >= 15 is 0 Å². The van der Waals surface area contributed by atoms with E-state index in [1.165, 1.54) is 11.3 Å². The van der Waals surface area contributed by atoms with E-state index in [9.17, 15) is 10.1 Å². The Bertz CT molecular complexity index is 819. The summed E-state index contributed by atoms with van der Waals surface area (Å²) in [4.78, 5) is 14.5. The summed E-state index contributed by atoms with van der Waals surface area (Å²) in [6, 6.07) is 4.15. The molecule has 0 spiro atoms. The molecular weight excluding hydrogens is 320 g/mol. The van der Waals surface area contributed by atoms with Crippen molar-refractivity contribution in [1.82, 2.24) is 9.78 Å². The zero-order valence-electron chi connectivity index (χ0n) is 14.5. The molecule has 126 valence electrons. The summed E-state index contributed by atoms with van der Waals surface area (Å²) in [6.45, 7) is 6.32. The molecule has 3 rings (SSSR count). The average Bonchev–Trinajstić information content (AvgIpc) is 3.08. The second-order valence-corrected chi connectivity index (χ2v) is 8.41. The first-order valence-corrected chi connectivity index (χ1v) is 8.99. The van der Waals surface area contributed by atoms with Crippen LogP contribution in [-0.2, 0) is 23.7 Å². The van der Waals surface area contributed by atoms with Gasteiger partial charge in [0.15, 0.2) is 0 Å². The molecule has 1 aliphatic carbocycles. The number of nitriles is 1. The lowest BCUT2D eigenvalue weighted by Gasteiger charge is -2.20. The van der Waals surface area contributed by atoms with Crippen LogP contribution in [0.2, 0.25) is 0 Å². The second-order valence-electron chi connectivity index (χ2n) is 7.35. The van der Waals surface area contributed by atoms with E-state index in [2.05, 4.69) is 37.3 Å². The topological polar surface area (TPSA) is 70.7 Å². The summed E-state index contributed by atoms with van der Waals surface area (Å²) in [5, 5.41) is 16.8. The lowest BCUT2D eigenvalue weighted by Crippen LogP contribution is -2.24. The molecule has 0 bridgehead atoms.